The molecule has 0 heterocycles. The summed E-state index contributed by atoms with van der Waals surface area (Å²) in [7, 11) is 0. The Labute approximate surface area is 375 Å². The van der Waals surface area contributed by atoms with Crippen LogP contribution in [0.4, 0.5) is 9.59 Å². The Bertz CT molecular complexity index is 2100. The van der Waals surface area contributed by atoms with Crippen LogP contribution in [0, 0.1) is 5.92 Å². The lowest BCUT2D eigenvalue weighted by atomic mass is 9.98. The van der Waals surface area contributed by atoms with Gasteiger partial charge >= 0.3 is 18.2 Å². The molecular formula is C51H60N4O9. The maximum Gasteiger partial charge on any atom is 0.407 e. The molecule has 0 radical (unpaired) electrons. The quantitative estimate of drug-likeness (QED) is 0.0215. The van der Waals surface area contributed by atoms with Crippen LogP contribution in [0.1, 0.15) is 73.1 Å². The van der Waals surface area contributed by atoms with Gasteiger partial charge in [-0.15, -0.1) is 13.2 Å². The molecule has 64 heavy (non-hydrogen) atoms. The van der Waals surface area contributed by atoms with Gasteiger partial charge in [0.15, 0.2) is 0 Å². The summed E-state index contributed by atoms with van der Waals surface area (Å²) in [5.41, 5.74) is 6.04. The second-order valence-corrected chi connectivity index (χ2v) is 15.7. The van der Waals surface area contributed by atoms with Crippen molar-refractivity contribution in [3.05, 3.63) is 157 Å². The van der Waals surface area contributed by atoms with E-state index in [0.717, 1.165) is 33.4 Å². The highest BCUT2D eigenvalue weighted by molar-refractivity contribution is 5.86. The number of amides is 4. The fraction of sp³-hybridized carbons (Fsp3) is 0.353. The molecule has 5 rings (SSSR count). The molecule has 13 heteroatoms. The molecule has 4 aromatic rings. The average molecular weight is 873 g/mol. The fourth-order valence-corrected chi connectivity index (χ4v) is 7.64. The smallest absolute Gasteiger partial charge is 0.407 e. The first-order valence-electron chi connectivity index (χ1n) is 21.9. The van der Waals surface area contributed by atoms with Gasteiger partial charge in [-0.3, -0.25) is 9.59 Å². The largest absolute Gasteiger partial charge is 0.462 e. The molecule has 1 aliphatic carbocycles. The molecule has 1 aliphatic rings. The summed E-state index contributed by atoms with van der Waals surface area (Å²) in [6, 6.07) is 32.9. The topological polar surface area (TPSA) is 173 Å². The second-order valence-electron chi connectivity index (χ2n) is 15.7. The monoisotopic (exact) mass is 872 g/mol. The van der Waals surface area contributed by atoms with Crippen molar-refractivity contribution in [3.8, 4) is 11.1 Å². The van der Waals surface area contributed by atoms with Crippen LogP contribution in [0.3, 0.4) is 0 Å². The molecule has 13 nitrogen and oxygen atoms in total. The summed E-state index contributed by atoms with van der Waals surface area (Å²) >= 11 is 0. The van der Waals surface area contributed by atoms with Crippen LogP contribution in [0.5, 0.6) is 0 Å². The summed E-state index contributed by atoms with van der Waals surface area (Å²) in [5, 5.41) is 18.1. The highest BCUT2D eigenvalue weighted by atomic mass is 16.6. The second kappa shape index (κ2) is 26.0. The number of fused-ring (bicyclic) bond motifs is 3. The van der Waals surface area contributed by atoms with Gasteiger partial charge in [-0.1, -0.05) is 121 Å². The lowest BCUT2D eigenvalue weighted by molar-refractivity contribution is -0.147. The van der Waals surface area contributed by atoms with Crippen molar-refractivity contribution < 1.29 is 43.3 Å². The number of aliphatic hydroxyl groups is 1. The van der Waals surface area contributed by atoms with E-state index in [2.05, 4.69) is 29.1 Å². The van der Waals surface area contributed by atoms with E-state index in [-0.39, 0.29) is 70.6 Å². The van der Waals surface area contributed by atoms with E-state index < -0.39 is 42.1 Å². The number of benzene rings is 4. The number of hydrogen-bond donors (Lipinski definition) is 4. The summed E-state index contributed by atoms with van der Waals surface area (Å²) < 4.78 is 16.8. The first-order chi connectivity index (χ1) is 31.2. The molecule has 0 fully saturated rings. The minimum absolute atomic E-state index is 0.0647. The number of allylic oxidation sites excluding steroid dienone is 2. The zero-order chi connectivity index (χ0) is 45.5. The Morgan fingerprint density at radius 1 is 0.719 bits per heavy atom. The van der Waals surface area contributed by atoms with Gasteiger partial charge in [-0.05, 0) is 71.9 Å². The molecule has 338 valence electrons. The summed E-state index contributed by atoms with van der Waals surface area (Å²) in [6.07, 6.45) is 3.94. The van der Waals surface area contributed by atoms with Crippen LogP contribution in [0.2, 0.25) is 0 Å². The third-order valence-electron chi connectivity index (χ3n) is 11.0. The Hall–Kier alpha value is -6.73. The predicted octanol–water partition coefficient (Wildman–Crippen LogP) is 7.59. The highest BCUT2D eigenvalue weighted by Gasteiger charge is 2.31. The molecule has 0 saturated heterocycles. The number of rotatable bonds is 26. The number of hydrogen-bond acceptors (Lipinski definition) is 9. The number of carbonyl (C=O) groups is 5. The highest BCUT2D eigenvalue weighted by Crippen LogP contribution is 2.44. The minimum Gasteiger partial charge on any atom is -0.462 e. The summed E-state index contributed by atoms with van der Waals surface area (Å²) in [6.45, 7) is 7.96. The normalized spacial score (nSPS) is 12.9. The van der Waals surface area contributed by atoms with E-state index in [1.807, 2.05) is 109 Å². The molecule has 0 bridgehead atoms. The lowest BCUT2D eigenvalue weighted by Gasteiger charge is -2.26. The standard InChI is InChI=1S/C51H60N4O9/c1-3-5-28-46(54-51(61)64-36-45-43-26-14-12-24-41(43)42-25-13-15-27-44(42)45)49(59)62-35-40(23-16-17-29-52-50(60)63-34-38-21-10-7-11-22-38)53-48(58)39(18-4-2)32-47(57)55(30-31-56)33-37-19-8-6-9-20-37/h3-4,6-15,19-22,24-27,39-40,45-46,56H,1-2,5,16-18,23,28-36H2,(H,52,60)(H,53,58)(H,54,61). The van der Waals surface area contributed by atoms with Gasteiger partial charge in [0.1, 0.15) is 25.9 Å². The Morgan fingerprint density at radius 2 is 1.36 bits per heavy atom. The van der Waals surface area contributed by atoms with Gasteiger partial charge in [0, 0.05) is 32.0 Å². The van der Waals surface area contributed by atoms with Gasteiger partial charge in [0.25, 0.3) is 0 Å². The minimum atomic E-state index is -1.07. The summed E-state index contributed by atoms with van der Waals surface area (Å²) in [4.78, 5) is 68.2. The van der Waals surface area contributed by atoms with Crippen molar-refractivity contribution in [1.82, 2.24) is 20.9 Å². The lowest BCUT2D eigenvalue weighted by Crippen LogP contribution is -2.46. The molecule has 3 atom stereocenters. The molecule has 4 amide bonds. The fourth-order valence-electron chi connectivity index (χ4n) is 7.64. The Kier molecular flexibility index (Phi) is 19.6. The van der Waals surface area contributed by atoms with Crippen LogP contribution in [0.15, 0.2) is 135 Å². The van der Waals surface area contributed by atoms with Gasteiger partial charge in [-0.25, -0.2) is 14.4 Å². The Morgan fingerprint density at radius 3 is 2.00 bits per heavy atom. The molecule has 4 aromatic carbocycles. The SMILES string of the molecule is C=CCCC(NC(=O)OCC1c2ccccc2-c2ccccc21)C(=O)OCC(CCCCNC(=O)OCc1ccccc1)NC(=O)C(CC=C)CC(=O)N(CCO)Cc1ccccc1. The molecule has 3 unspecified atom stereocenters. The third kappa shape index (κ3) is 15.0. The van der Waals surface area contributed by atoms with Crippen molar-refractivity contribution >= 4 is 30.0 Å². The molecule has 0 spiro atoms. The predicted molar refractivity (Wildman–Crippen MR) is 245 cm³/mol. The van der Waals surface area contributed by atoms with Crippen LogP contribution in [0.25, 0.3) is 11.1 Å². The van der Waals surface area contributed by atoms with Crippen LogP contribution < -0.4 is 16.0 Å². The summed E-state index contributed by atoms with van der Waals surface area (Å²) in [5.74, 6) is -2.41. The number of nitrogens with zero attached hydrogens (tertiary/aromatic N) is 1. The number of ether oxygens (including phenoxy) is 3. The number of carbonyl (C=O) groups excluding carboxylic acids is 5. The first kappa shape index (κ1) is 48.3. The van der Waals surface area contributed by atoms with E-state index in [9.17, 15) is 29.1 Å². The zero-order valence-corrected chi connectivity index (χ0v) is 36.3. The van der Waals surface area contributed by atoms with Crippen LogP contribution >= 0.6 is 0 Å². The molecule has 0 saturated carbocycles. The molecule has 0 aromatic heterocycles. The van der Waals surface area contributed by atoms with Crippen molar-refractivity contribution in [1.29, 1.82) is 0 Å². The molecular weight excluding hydrogens is 813 g/mol. The maximum absolute atomic E-state index is 13.9. The average Bonchev–Trinajstić information content (AvgIpc) is 3.64. The van der Waals surface area contributed by atoms with E-state index in [4.69, 9.17) is 14.2 Å². The van der Waals surface area contributed by atoms with Crippen molar-refractivity contribution in [2.24, 2.45) is 5.92 Å². The third-order valence-corrected chi connectivity index (χ3v) is 11.0. The van der Waals surface area contributed by atoms with Crippen molar-refractivity contribution in [2.45, 2.75) is 76.1 Å². The van der Waals surface area contributed by atoms with Gasteiger partial charge < -0.3 is 40.2 Å². The van der Waals surface area contributed by atoms with E-state index >= 15 is 0 Å². The maximum atomic E-state index is 13.9. The van der Waals surface area contributed by atoms with Crippen molar-refractivity contribution in [2.75, 3.05) is 32.9 Å². The number of unbranched alkanes of at least 4 members (excludes halogenated alkanes) is 1. The number of aliphatic hydroxyl groups excluding tert-OH is 1. The van der Waals surface area contributed by atoms with Crippen LogP contribution in [-0.2, 0) is 41.7 Å². The van der Waals surface area contributed by atoms with Gasteiger partial charge in [-0.2, -0.15) is 0 Å². The Balaban J connectivity index is 1.20. The van der Waals surface area contributed by atoms with Gasteiger partial charge in [0.05, 0.1) is 18.6 Å². The number of nitrogens with one attached hydrogen (secondary N) is 3. The van der Waals surface area contributed by atoms with E-state index in [1.54, 1.807) is 12.2 Å². The molecule has 4 N–H and O–H groups in total. The van der Waals surface area contributed by atoms with Crippen LogP contribution in [-0.4, -0.2) is 85.0 Å². The van der Waals surface area contributed by atoms with Crippen molar-refractivity contribution in [3.63, 3.8) is 0 Å². The first-order valence-corrected chi connectivity index (χ1v) is 21.9. The zero-order valence-electron chi connectivity index (χ0n) is 36.3. The number of esters is 1. The van der Waals surface area contributed by atoms with E-state index in [0.29, 0.717) is 32.2 Å². The van der Waals surface area contributed by atoms with E-state index in [1.165, 1.54) is 4.90 Å². The number of alkyl carbamates (subject to hydrolysis) is 2. The molecule has 0 aliphatic heterocycles. The van der Waals surface area contributed by atoms with Gasteiger partial charge in [0.2, 0.25) is 11.8 Å².